The number of hydrogen-bond acceptors (Lipinski definition) is 5. The fourth-order valence-electron chi connectivity index (χ4n) is 3.70. The molecule has 8 nitrogen and oxygen atoms in total. The SMILES string of the molecule is CCNS(=O)(=O)c1c(C(F)(F)F)nn(-c2c(Cl)cc(C(F)(F)F)cc2Cl)c1N(c1ccccc1)c1ccn[nH]1. The van der Waals surface area contributed by atoms with E-state index in [-0.39, 0.29) is 18.1 Å². The second-order valence-electron chi connectivity index (χ2n) is 7.81. The maximum absolute atomic E-state index is 14.3. The largest absolute Gasteiger partial charge is 0.436 e. The number of anilines is 3. The van der Waals surface area contributed by atoms with Gasteiger partial charge < -0.3 is 0 Å². The lowest BCUT2D eigenvalue weighted by atomic mass is 10.2. The minimum atomic E-state index is -5.33. The first-order valence-corrected chi connectivity index (χ1v) is 13.0. The highest BCUT2D eigenvalue weighted by atomic mass is 35.5. The Morgan fingerprint density at radius 1 is 1.00 bits per heavy atom. The first kappa shape index (κ1) is 28.7. The van der Waals surface area contributed by atoms with Crippen LogP contribution in [0.4, 0.5) is 43.7 Å². The average Bonchev–Trinajstić information content (AvgIpc) is 3.48. The maximum Gasteiger partial charge on any atom is 0.436 e. The van der Waals surface area contributed by atoms with Crippen LogP contribution in [0.1, 0.15) is 18.2 Å². The molecule has 0 unspecified atom stereocenters. The van der Waals surface area contributed by atoms with Crippen molar-refractivity contribution in [2.75, 3.05) is 11.4 Å². The summed E-state index contributed by atoms with van der Waals surface area (Å²) in [5, 5.41) is 8.39. The Labute approximate surface area is 227 Å². The number of aromatic nitrogens is 4. The van der Waals surface area contributed by atoms with E-state index in [0.29, 0.717) is 16.8 Å². The molecule has 4 rings (SSSR count). The molecular formula is C22H16Cl2F6N6O2S. The van der Waals surface area contributed by atoms with Gasteiger partial charge in [-0.3, -0.25) is 10.00 Å². The number of alkyl halides is 6. The third-order valence-electron chi connectivity index (χ3n) is 5.20. The van der Waals surface area contributed by atoms with E-state index < -0.39 is 60.1 Å². The van der Waals surface area contributed by atoms with Gasteiger partial charge in [-0.05, 0) is 24.3 Å². The molecule has 0 spiro atoms. The summed E-state index contributed by atoms with van der Waals surface area (Å²) in [5.41, 5.74) is -3.61. The molecular weight excluding hydrogens is 597 g/mol. The second-order valence-corrected chi connectivity index (χ2v) is 10.3. The van der Waals surface area contributed by atoms with Crippen LogP contribution in [0.15, 0.2) is 59.6 Å². The number of nitrogens with one attached hydrogen (secondary N) is 2. The molecule has 2 heterocycles. The molecule has 0 amide bonds. The van der Waals surface area contributed by atoms with Gasteiger partial charge in [0.05, 0.1) is 21.8 Å². The van der Waals surface area contributed by atoms with Crippen molar-refractivity contribution >= 4 is 50.5 Å². The molecule has 2 aromatic heterocycles. The van der Waals surface area contributed by atoms with Crippen molar-refractivity contribution < 1.29 is 34.8 Å². The van der Waals surface area contributed by atoms with Gasteiger partial charge in [-0.25, -0.2) is 17.8 Å². The predicted octanol–water partition coefficient (Wildman–Crippen LogP) is 6.71. The highest BCUT2D eigenvalue weighted by Crippen LogP contribution is 2.47. The molecule has 17 heteroatoms. The molecule has 0 atom stereocenters. The van der Waals surface area contributed by atoms with Crippen LogP contribution in [0.5, 0.6) is 0 Å². The summed E-state index contributed by atoms with van der Waals surface area (Å²) in [4.78, 5) is -0.272. The second kappa shape index (κ2) is 10.4. The summed E-state index contributed by atoms with van der Waals surface area (Å²) in [6.45, 7) is 1.06. The summed E-state index contributed by atoms with van der Waals surface area (Å²) in [7, 11) is -4.94. The Kier molecular flexibility index (Phi) is 7.64. The Hall–Kier alpha value is -3.27. The number of rotatable bonds is 7. The van der Waals surface area contributed by atoms with Crippen LogP contribution in [-0.2, 0) is 22.4 Å². The van der Waals surface area contributed by atoms with Crippen molar-refractivity contribution in [2.24, 2.45) is 0 Å². The molecule has 0 aliphatic carbocycles. The lowest BCUT2D eigenvalue weighted by molar-refractivity contribution is -0.143. The van der Waals surface area contributed by atoms with Crippen molar-refractivity contribution in [1.82, 2.24) is 24.7 Å². The predicted molar refractivity (Wildman–Crippen MR) is 131 cm³/mol. The zero-order valence-electron chi connectivity index (χ0n) is 19.4. The molecule has 4 aromatic rings. The van der Waals surface area contributed by atoms with Crippen LogP contribution in [0, 0.1) is 0 Å². The van der Waals surface area contributed by atoms with E-state index in [9.17, 15) is 34.8 Å². The third kappa shape index (κ3) is 5.57. The van der Waals surface area contributed by atoms with Crippen molar-refractivity contribution in [3.8, 4) is 5.69 Å². The van der Waals surface area contributed by atoms with E-state index in [1.165, 1.54) is 43.5 Å². The topological polar surface area (TPSA) is 95.9 Å². The van der Waals surface area contributed by atoms with Gasteiger partial charge in [-0.2, -0.15) is 36.5 Å². The number of nitrogens with zero attached hydrogens (tertiary/aromatic N) is 4. The summed E-state index contributed by atoms with van der Waals surface area (Å²) in [5.74, 6) is -0.759. The number of hydrogen-bond donors (Lipinski definition) is 2. The monoisotopic (exact) mass is 612 g/mol. The maximum atomic E-state index is 14.3. The molecule has 208 valence electrons. The lowest BCUT2D eigenvalue weighted by Gasteiger charge is -2.26. The standard InChI is InChI=1S/C22H16Cl2F6N6O2S/c1-2-32-39(37,38)18-19(22(28,29)30)34-36(17-14(23)10-12(11-15(17)24)21(25,26)27)20(18)35(16-8-9-31-33-16)13-6-4-3-5-7-13/h3-11,32H,2H2,1H3,(H,31,33). The van der Waals surface area contributed by atoms with E-state index >= 15 is 0 Å². The fourth-order valence-corrected chi connectivity index (χ4v) is 5.70. The van der Waals surface area contributed by atoms with Crippen molar-refractivity contribution in [1.29, 1.82) is 0 Å². The van der Waals surface area contributed by atoms with Crippen LogP contribution in [-0.4, -0.2) is 34.9 Å². The number of aromatic amines is 1. The quantitative estimate of drug-likeness (QED) is 0.226. The van der Waals surface area contributed by atoms with Gasteiger partial charge in [-0.1, -0.05) is 48.3 Å². The highest BCUT2D eigenvalue weighted by molar-refractivity contribution is 7.89. The number of para-hydroxylation sites is 1. The summed E-state index contributed by atoms with van der Waals surface area (Å²) in [6, 6.07) is 9.79. The van der Waals surface area contributed by atoms with Crippen LogP contribution in [0.3, 0.4) is 0 Å². The summed E-state index contributed by atoms with van der Waals surface area (Å²) >= 11 is 12.3. The van der Waals surface area contributed by atoms with Crippen LogP contribution >= 0.6 is 23.2 Å². The normalized spacial score (nSPS) is 12.6. The molecule has 0 aliphatic rings. The molecule has 0 saturated carbocycles. The molecule has 0 saturated heterocycles. The van der Waals surface area contributed by atoms with Gasteiger partial charge in [0, 0.05) is 18.3 Å². The number of sulfonamides is 1. The third-order valence-corrected chi connectivity index (χ3v) is 7.36. The first-order valence-electron chi connectivity index (χ1n) is 10.8. The highest BCUT2D eigenvalue weighted by Gasteiger charge is 2.46. The van der Waals surface area contributed by atoms with Crippen molar-refractivity contribution in [3.63, 3.8) is 0 Å². The summed E-state index contributed by atoms with van der Waals surface area (Å²) in [6.07, 6.45) is -8.96. The van der Waals surface area contributed by atoms with Gasteiger partial charge in [0.25, 0.3) is 0 Å². The summed E-state index contributed by atoms with van der Waals surface area (Å²) < 4.78 is 112. The van der Waals surface area contributed by atoms with Crippen LogP contribution in [0.25, 0.3) is 5.69 Å². The van der Waals surface area contributed by atoms with E-state index in [2.05, 4.69) is 15.3 Å². The molecule has 0 radical (unpaired) electrons. The molecule has 2 N–H and O–H groups in total. The first-order chi connectivity index (χ1) is 18.2. The Morgan fingerprint density at radius 3 is 2.10 bits per heavy atom. The van der Waals surface area contributed by atoms with E-state index in [4.69, 9.17) is 23.2 Å². The fraction of sp³-hybridized carbons (Fsp3) is 0.182. The van der Waals surface area contributed by atoms with Gasteiger partial charge in [0.1, 0.15) is 11.5 Å². The molecule has 0 fully saturated rings. The van der Waals surface area contributed by atoms with E-state index in [1.807, 2.05) is 4.72 Å². The minimum Gasteiger partial charge on any atom is -0.278 e. The molecule has 0 bridgehead atoms. The van der Waals surface area contributed by atoms with Gasteiger partial charge in [0.2, 0.25) is 10.0 Å². The molecule has 2 aromatic carbocycles. The lowest BCUT2D eigenvalue weighted by Crippen LogP contribution is -2.27. The number of halogens is 8. The average molecular weight is 613 g/mol. The van der Waals surface area contributed by atoms with Crippen molar-refractivity contribution in [2.45, 2.75) is 24.2 Å². The van der Waals surface area contributed by atoms with E-state index in [0.717, 1.165) is 4.90 Å². The Balaban J connectivity index is 2.21. The zero-order chi connectivity index (χ0) is 28.8. The molecule has 39 heavy (non-hydrogen) atoms. The Morgan fingerprint density at radius 2 is 1.62 bits per heavy atom. The van der Waals surface area contributed by atoms with Crippen LogP contribution < -0.4 is 9.62 Å². The minimum absolute atomic E-state index is 0.0109. The smallest absolute Gasteiger partial charge is 0.278 e. The Bertz CT molecular complexity index is 1570. The van der Waals surface area contributed by atoms with Gasteiger partial charge in [-0.15, -0.1) is 0 Å². The van der Waals surface area contributed by atoms with Gasteiger partial charge >= 0.3 is 12.4 Å². The van der Waals surface area contributed by atoms with E-state index in [1.54, 1.807) is 6.07 Å². The van der Waals surface area contributed by atoms with Gasteiger partial charge in [0.15, 0.2) is 16.4 Å². The zero-order valence-corrected chi connectivity index (χ0v) is 21.8. The molecule has 0 aliphatic heterocycles. The number of benzene rings is 2. The number of H-pyrrole nitrogens is 1. The van der Waals surface area contributed by atoms with Crippen LogP contribution in [0.2, 0.25) is 10.0 Å². The van der Waals surface area contributed by atoms with Crippen molar-refractivity contribution in [3.05, 3.63) is 76.0 Å².